The highest BCUT2D eigenvalue weighted by Crippen LogP contribution is 2.33. The Labute approximate surface area is 148 Å². The third-order valence-corrected chi connectivity index (χ3v) is 4.86. The highest BCUT2D eigenvalue weighted by molar-refractivity contribution is 7.99. The second kappa shape index (κ2) is 6.60. The van der Waals surface area contributed by atoms with Crippen molar-refractivity contribution in [2.45, 2.75) is 12.1 Å². The monoisotopic (exact) mass is 353 g/mol. The number of rotatable bonds is 5. The highest BCUT2D eigenvalue weighted by atomic mass is 32.2. The Balaban J connectivity index is 1.50. The molecule has 0 fully saturated rings. The van der Waals surface area contributed by atoms with Gasteiger partial charge in [-0.3, -0.25) is 9.36 Å². The summed E-state index contributed by atoms with van der Waals surface area (Å²) in [5.41, 5.74) is 2.72. The van der Waals surface area contributed by atoms with Gasteiger partial charge in [0.2, 0.25) is 6.79 Å². The van der Waals surface area contributed by atoms with E-state index in [2.05, 4.69) is 10.2 Å². The maximum absolute atomic E-state index is 12.5. The maximum atomic E-state index is 12.5. The molecule has 1 aliphatic rings. The molecule has 0 unspecified atom stereocenters. The fraction of sp³-hybridized carbons (Fsp3) is 0.167. The van der Waals surface area contributed by atoms with Crippen molar-refractivity contribution in [3.63, 3.8) is 0 Å². The van der Waals surface area contributed by atoms with Gasteiger partial charge in [-0.25, -0.2) is 0 Å². The predicted molar refractivity (Wildman–Crippen MR) is 93.7 cm³/mol. The van der Waals surface area contributed by atoms with Crippen LogP contribution >= 0.6 is 11.8 Å². The first-order valence-corrected chi connectivity index (χ1v) is 8.72. The molecular weight excluding hydrogens is 338 g/mol. The summed E-state index contributed by atoms with van der Waals surface area (Å²) in [6.45, 7) is 2.23. The lowest BCUT2D eigenvalue weighted by molar-refractivity contribution is 0.102. The summed E-state index contributed by atoms with van der Waals surface area (Å²) in [6.07, 6.45) is 1.66. The first-order valence-electron chi connectivity index (χ1n) is 7.74. The number of ether oxygens (including phenoxy) is 2. The number of thioether (sulfide) groups is 1. The predicted octanol–water partition coefficient (Wildman–Crippen LogP) is 3.28. The molecule has 7 heteroatoms. The van der Waals surface area contributed by atoms with Crippen molar-refractivity contribution in [1.29, 1.82) is 0 Å². The van der Waals surface area contributed by atoms with Crippen molar-refractivity contribution in [3.05, 3.63) is 59.9 Å². The van der Waals surface area contributed by atoms with E-state index < -0.39 is 0 Å². The van der Waals surface area contributed by atoms with Crippen LogP contribution in [0.3, 0.4) is 0 Å². The van der Waals surface area contributed by atoms with Crippen molar-refractivity contribution < 1.29 is 14.3 Å². The van der Waals surface area contributed by atoms with Gasteiger partial charge in [-0.05, 0) is 36.8 Å². The Morgan fingerprint density at radius 3 is 2.92 bits per heavy atom. The molecule has 0 saturated carbocycles. The SMILES string of the molecule is Cc1ccccc1-n1cnnc1SCC(=O)c1ccc2c(c1)OCO2. The lowest BCUT2D eigenvalue weighted by Crippen LogP contribution is -2.04. The molecule has 2 aromatic carbocycles. The van der Waals surface area contributed by atoms with Gasteiger partial charge in [0.05, 0.1) is 11.4 Å². The molecule has 126 valence electrons. The van der Waals surface area contributed by atoms with E-state index in [1.807, 2.05) is 35.8 Å². The van der Waals surface area contributed by atoms with Crippen LogP contribution in [0.4, 0.5) is 0 Å². The summed E-state index contributed by atoms with van der Waals surface area (Å²) in [5, 5.41) is 8.80. The van der Waals surface area contributed by atoms with Crippen molar-refractivity contribution in [2.75, 3.05) is 12.5 Å². The lowest BCUT2D eigenvalue weighted by Gasteiger charge is -2.08. The van der Waals surface area contributed by atoms with Gasteiger partial charge in [-0.1, -0.05) is 30.0 Å². The summed E-state index contributed by atoms with van der Waals surface area (Å²) in [4.78, 5) is 12.5. The molecule has 1 aromatic heterocycles. The number of benzene rings is 2. The Hall–Kier alpha value is -2.80. The second-order valence-electron chi connectivity index (χ2n) is 5.55. The van der Waals surface area contributed by atoms with Crippen LogP contribution in [0, 0.1) is 6.92 Å². The van der Waals surface area contributed by atoms with Crippen LogP contribution in [0.5, 0.6) is 11.5 Å². The van der Waals surface area contributed by atoms with E-state index in [0.29, 0.717) is 22.2 Å². The van der Waals surface area contributed by atoms with Crippen LogP contribution in [-0.2, 0) is 0 Å². The van der Waals surface area contributed by atoms with Gasteiger partial charge in [0.25, 0.3) is 0 Å². The number of nitrogens with zero attached hydrogens (tertiary/aromatic N) is 3. The molecule has 0 bridgehead atoms. The van der Waals surface area contributed by atoms with Gasteiger partial charge in [-0.15, -0.1) is 10.2 Å². The Bertz CT molecular complexity index is 939. The zero-order valence-electron chi connectivity index (χ0n) is 13.5. The molecule has 0 saturated heterocycles. The molecule has 2 heterocycles. The van der Waals surface area contributed by atoms with E-state index in [-0.39, 0.29) is 18.3 Å². The molecule has 0 N–H and O–H groups in total. The van der Waals surface area contributed by atoms with Crippen molar-refractivity contribution >= 4 is 17.5 Å². The molecule has 25 heavy (non-hydrogen) atoms. The van der Waals surface area contributed by atoms with Gasteiger partial charge in [0.1, 0.15) is 6.33 Å². The number of para-hydroxylation sites is 1. The van der Waals surface area contributed by atoms with Gasteiger partial charge in [0, 0.05) is 5.56 Å². The summed E-state index contributed by atoms with van der Waals surface area (Å²) >= 11 is 1.36. The minimum atomic E-state index is 0.00244. The number of hydrogen-bond donors (Lipinski definition) is 0. The molecule has 6 nitrogen and oxygen atoms in total. The first kappa shape index (κ1) is 15.7. The Morgan fingerprint density at radius 2 is 2.04 bits per heavy atom. The van der Waals surface area contributed by atoms with E-state index >= 15 is 0 Å². The fourth-order valence-corrected chi connectivity index (χ4v) is 3.42. The zero-order valence-corrected chi connectivity index (χ0v) is 14.3. The average Bonchev–Trinajstić information content (AvgIpc) is 3.28. The topological polar surface area (TPSA) is 66.2 Å². The number of carbonyl (C=O) groups excluding carboxylic acids is 1. The minimum absolute atomic E-state index is 0.00244. The lowest BCUT2D eigenvalue weighted by atomic mass is 10.1. The molecule has 0 spiro atoms. The number of carbonyl (C=O) groups is 1. The maximum Gasteiger partial charge on any atom is 0.231 e. The van der Waals surface area contributed by atoms with Crippen LogP contribution in [0.2, 0.25) is 0 Å². The van der Waals surface area contributed by atoms with Crippen LogP contribution in [0.25, 0.3) is 5.69 Å². The standard InChI is InChI=1S/C18H15N3O3S/c1-12-4-2-3-5-14(12)21-10-19-20-18(21)25-9-15(22)13-6-7-16-17(8-13)24-11-23-16/h2-8,10H,9,11H2,1H3. The van der Waals surface area contributed by atoms with Gasteiger partial charge >= 0.3 is 0 Å². The zero-order chi connectivity index (χ0) is 17.2. The molecule has 0 radical (unpaired) electrons. The second-order valence-corrected chi connectivity index (χ2v) is 6.49. The van der Waals surface area contributed by atoms with Gasteiger partial charge in [0.15, 0.2) is 22.4 Å². The summed E-state index contributed by atoms with van der Waals surface area (Å²) in [7, 11) is 0. The fourth-order valence-electron chi connectivity index (χ4n) is 2.61. The third kappa shape index (κ3) is 3.10. The normalized spacial score (nSPS) is 12.4. The van der Waals surface area contributed by atoms with Crippen LogP contribution in [0.1, 0.15) is 15.9 Å². The highest BCUT2D eigenvalue weighted by Gasteiger charge is 2.17. The van der Waals surface area contributed by atoms with Crippen LogP contribution < -0.4 is 9.47 Å². The first-order chi connectivity index (χ1) is 12.2. The largest absolute Gasteiger partial charge is 0.454 e. The van der Waals surface area contributed by atoms with E-state index in [0.717, 1.165) is 11.3 Å². The van der Waals surface area contributed by atoms with Crippen LogP contribution in [-0.4, -0.2) is 33.1 Å². The number of fused-ring (bicyclic) bond motifs is 1. The van der Waals surface area contributed by atoms with Crippen LogP contribution in [0.15, 0.2) is 53.9 Å². The Morgan fingerprint density at radius 1 is 1.20 bits per heavy atom. The molecule has 0 atom stereocenters. The molecule has 3 aromatic rings. The number of aromatic nitrogens is 3. The molecular formula is C18H15N3O3S. The number of hydrogen-bond acceptors (Lipinski definition) is 6. The smallest absolute Gasteiger partial charge is 0.231 e. The van der Waals surface area contributed by atoms with Crippen molar-refractivity contribution in [1.82, 2.24) is 14.8 Å². The van der Waals surface area contributed by atoms with Gasteiger partial charge in [-0.2, -0.15) is 0 Å². The molecule has 1 aliphatic heterocycles. The number of aryl methyl sites for hydroxylation is 1. The third-order valence-electron chi connectivity index (χ3n) is 3.92. The minimum Gasteiger partial charge on any atom is -0.454 e. The van der Waals surface area contributed by atoms with E-state index in [9.17, 15) is 4.79 Å². The van der Waals surface area contributed by atoms with Crippen molar-refractivity contribution in [2.24, 2.45) is 0 Å². The van der Waals surface area contributed by atoms with E-state index in [4.69, 9.17) is 9.47 Å². The number of Topliss-reactive ketones (excluding diaryl/α,β-unsaturated/α-hetero) is 1. The summed E-state index contributed by atoms with van der Waals surface area (Å²) in [5.74, 6) is 1.55. The Kier molecular flexibility index (Phi) is 4.15. The molecule has 4 rings (SSSR count). The average molecular weight is 353 g/mol. The summed E-state index contributed by atoms with van der Waals surface area (Å²) < 4.78 is 12.5. The van der Waals surface area contributed by atoms with Crippen molar-refractivity contribution in [3.8, 4) is 17.2 Å². The quantitative estimate of drug-likeness (QED) is 0.518. The van der Waals surface area contributed by atoms with E-state index in [1.165, 1.54) is 11.8 Å². The van der Waals surface area contributed by atoms with E-state index in [1.54, 1.807) is 24.5 Å². The number of ketones is 1. The van der Waals surface area contributed by atoms with Gasteiger partial charge < -0.3 is 9.47 Å². The summed E-state index contributed by atoms with van der Waals surface area (Å²) in [6, 6.07) is 13.2. The molecule has 0 amide bonds. The molecule has 0 aliphatic carbocycles.